The first-order valence-corrected chi connectivity index (χ1v) is 10.5. The van der Waals surface area contributed by atoms with E-state index in [-0.39, 0.29) is 5.70 Å². The largest absolute Gasteiger partial charge is 0.477 e. The Bertz CT molecular complexity index is 919. The molecule has 4 aliphatic rings. The van der Waals surface area contributed by atoms with Crippen LogP contribution in [0, 0.1) is 0 Å². The maximum Gasteiger partial charge on any atom is 0.408 e. The first-order valence-electron chi connectivity index (χ1n) is 9.42. The molecule has 0 saturated carbocycles. The minimum absolute atomic E-state index is 0.0160. The Balaban J connectivity index is 1.50. The van der Waals surface area contributed by atoms with E-state index in [4.69, 9.17) is 4.74 Å². The normalized spacial score (nSPS) is 24.7. The number of carboxylic acid groups (broad SMARTS) is 1. The molecule has 0 aromatic carbocycles. The fraction of sp³-hybridized carbons (Fsp3) is 0.421. The second-order valence-corrected chi connectivity index (χ2v) is 9.21. The van der Waals surface area contributed by atoms with Crippen LogP contribution in [0.15, 0.2) is 47.8 Å². The molecule has 0 radical (unpaired) electrons. The van der Waals surface area contributed by atoms with E-state index >= 15 is 0 Å². The molecular weight excluding hydrogens is 410 g/mol. The van der Waals surface area contributed by atoms with Gasteiger partial charge < -0.3 is 25.5 Å². The lowest BCUT2D eigenvalue weighted by Gasteiger charge is -2.49. The number of nitrogens with zero attached hydrogens (tertiary/aromatic N) is 3. The quantitative estimate of drug-likeness (QED) is 0.561. The van der Waals surface area contributed by atoms with E-state index in [0.717, 1.165) is 5.82 Å². The van der Waals surface area contributed by atoms with Crippen LogP contribution in [0.3, 0.4) is 0 Å². The smallest absolute Gasteiger partial charge is 0.408 e. The van der Waals surface area contributed by atoms with Crippen molar-refractivity contribution in [1.82, 2.24) is 25.6 Å². The summed E-state index contributed by atoms with van der Waals surface area (Å²) in [6, 6.07) is -0.807. The molecule has 3 N–H and O–H groups in total. The van der Waals surface area contributed by atoms with Crippen molar-refractivity contribution in [2.45, 2.75) is 37.8 Å². The highest BCUT2D eigenvalue weighted by atomic mass is 32.2. The number of hydrogen-bond acceptors (Lipinski definition) is 8. The van der Waals surface area contributed by atoms with E-state index in [1.54, 1.807) is 27.0 Å². The van der Waals surface area contributed by atoms with Gasteiger partial charge in [0.2, 0.25) is 0 Å². The summed E-state index contributed by atoms with van der Waals surface area (Å²) in [7, 11) is 0. The molecule has 0 unspecified atom stereocenters. The van der Waals surface area contributed by atoms with Crippen LogP contribution in [-0.4, -0.2) is 67.2 Å². The van der Waals surface area contributed by atoms with Crippen molar-refractivity contribution in [3.8, 4) is 0 Å². The van der Waals surface area contributed by atoms with Crippen molar-refractivity contribution in [3.05, 3.63) is 47.8 Å². The molecule has 1 saturated heterocycles. The van der Waals surface area contributed by atoms with Crippen LogP contribution in [0.4, 0.5) is 4.79 Å². The van der Waals surface area contributed by atoms with Gasteiger partial charge in [-0.05, 0) is 38.5 Å². The number of fused-ring (bicyclic) bond motifs is 2. The zero-order valence-electron chi connectivity index (χ0n) is 16.8. The highest BCUT2D eigenvalue weighted by Crippen LogP contribution is 2.41. The maximum atomic E-state index is 12.7. The van der Waals surface area contributed by atoms with Crippen molar-refractivity contribution in [3.63, 3.8) is 0 Å². The van der Waals surface area contributed by atoms with Crippen LogP contribution < -0.4 is 10.7 Å². The van der Waals surface area contributed by atoms with Crippen molar-refractivity contribution in [2.75, 3.05) is 12.3 Å². The van der Waals surface area contributed by atoms with Gasteiger partial charge in [0.1, 0.15) is 28.5 Å². The Morgan fingerprint density at radius 3 is 2.83 bits per heavy atom. The first kappa shape index (κ1) is 20.2. The van der Waals surface area contributed by atoms with Crippen molar-refractivity contribution in [2.24, 2.45) is 0 Å². The maximum absolute atomic E-state index is 12.7. The van der Waals surface area contributed by atoms with E-state index in [2.05, 4.69) is 10.7 Å². The molecule has 0 bridgehead atoms. The van der Waals surface area contributed by atoms with Crippen LogP contribution in [0.5, 0.6) is 0 Å². The van der Waals surface area contributed by atoms with Gasteiger partial charge in [-0.2, -0.15) is 0 Å². The Hall–Kier alpha value is -3.08. The summed E-state index contributed by atoms with van der Waals surface area (Å²) in [6.45, 7) is 5.53. The third kappa shape index (κ3) is 3.60. The molecule has 2 atom stereocenters. The number of hydrazine groups is 1. The van der Waals surface area contributed by atoms with Gasteiger partial charge in [-0.3, -0.25) is 9.69 Å². The molecule has 1 fully saturated rings. The summed E-state index contributed by atoms with van der Waals surface area (Å²) in [6.07, 6.45) is 8.54. The number of hydrogen-bond donors (Lipinski definition) is 3. The van der Waals surface area contributed by atoms with Crippen molar-refractivity contribution < 1.29 is 24.2 Å². The molecule has 0 aromatic rings. The number of carbonyl (C=O) groups is 3. The Morgan fingerprint density at radius 1 is 1.37 bits per heavy atom. The molecular formula is C19H23N5O5S. The number of thioether (sulfide) groups is 1. The Kier molecular flexibility index (Phi) is 4.92. The van der Waals surface area contributed by atoms with Gasteiger partial charge in [0.25, 0.3) is 5.91 Å². The number of ether oxygens (including phenoxy) is 1. The van der Waals surface area contributed by atoms with E-state index < -0.39 is 35.0 Å². The third-order valence-corrected chi connectivity index (χ3v) is 6.11. The number of carboxylic acids is 1. The second kappa shape index (κ2) is 7.31. The van der Waals surface area contributed by atoms with Crippen LogP contribution in [-0.2, 0) is 14.3 Å². The summed E-state index contributed by atoms with van der Waals surface area (Å²) in [5.74, 6) is -0.312. The molecule has 4 aliphatic heterocycles. The zero-order chi connectivity index (χ0) is 21.6. The third-order valence-electron chi connectivity index (χ3n) is 4.78. The van der Waals surface area contributed by atoms with Crippen LogP contribution in [0.2, 0.25) is 0 Å². The fourth-order valence-electron chi connectivity index (χ4n) is 3.56. The number of β-lactam (4-membered cyclic amide) rings is 1. The molecule has 4 rings (SSSR count). The minimum atomic E-state index is -1.16. The average molecular weight is 433 g/mol. The summed E-state index contributed by atoms with van der Waals surface area (Å²) in [4.78, 5) is 39.9. The van der Waals surface area contributed by atoms with Crippen LogP contribution in [0.1, 0.15) is 20.8 Å². The average Bonchev–Trinajstić information content (AvgIpc) is 3.07. The molecule has 0 aromatic heterocycles. The Labute approximate surface area is 177 Å². The lowest BCUT2D eigenvalue weighted by molar-refractivity contribution is -0.149. The van der Waals surface area contributed by atoms with E-state index in [1.165, 1.54) is 16.7 Å². The fourth-order valence-corrected chi connectivity index (χ4v) is 4.89. The van der Waals surface area contributed by atoms with Crippen molar-refractivity contribution >= 4 is 29.7 Å². The molecule has 4 heterocycles. The lowest BCUT2D eigenvalue weighted by Crippen LogP contribution is -2.70. The van der Waals surface area contributed by atoms with Gasteiger partial charge in [0.15, 0.2) is 0 Å². The zero-order valence-corrected chi connectivity index (χ0v) is 17.6. The van der Waals surface area contributed by atoms with E-state index in [1.807, 2.05) is 34.5 Å². The lowest BCUT2D eigenvalue weighted by atomic mass is 10.0. The molecule has 0 spiro atoms. The summed E-state index contributed by atoms with van der Waals surface area (Å²) in [5.41, 5.74) is 2.99. The molecule has 2 amide bonds. The molecule has 0 aliphatic carbocycles. The number of nitrogens with one attached hydrogen (secondary N) is 2. The van der Waals surface area contributed by atoms with E-state index in [0.29, 0.717) is 17.9 Å². The summed E-state index contributed by atoms with van der Waals surface area (Å²) in [5, 5.41) is 13.7. The van der Waals surface area contributed by atoms with Gasteiger partial charge in [-0.25, -0.2) is 14.6 Å². The number of alkyl carbamates (subject to hydrolysis) is 1. The van der Waals surface area contributed by atoms with Gasteiger partial charge in [0, 0.05) is 30.9 Å². The SMILES string of the molecule is CC(C)(C)OC(=O)N[C@@H]1C(=O)N2C(C(=O)O)=C(CN3C=CN4NC=CC=C34)CS[C@@H]12. The van der Waals surface area contributed by atoms with Crippen molar-refractivity contribution in [1.29, 1.82) is 0 Å². The molecule has 160 valence electrons. The number of aliphatic carboxylic acids is 1. The van der Waals surface area contributed by atoms with Gasteiger partial charge in [-0.1, -0.05) is 0 Å². The summed E-state index contributed by atoms with van der Waals surface area (Å²) < 4.78 is 5.21. The van der Waals surface area contributed by atoms with Crippen LogP contribution in [0.25, 0.3) is 0 Å². The van der Waals surface area contributed by atoms with Gasteiger partial charge in [-0.15, -0.1) is 11.8 Å². The van der Waals surface area contributed by atoms with E-state index in [9.17, 15) is 19.5 Å². The predicted octanol–water partition coefficient (Wildman–Crippen LogP) is 1.10. The number of rotatable bonds is 4. The standard InChI is InChI=1S/C19H23N5O5S/c1-19(2,3)29-18(28)21-13-15(25)24-14(17(26)27)11(10-30-16(13)24)9-22-7-8-23-12(22)5-4-6-20-23/h4-8,13,16,20H,9-10H2,1-3H3,(H,21,28)(H,26,27)/t13-,16+/m1/s1. The highest BCUT2D eigenvalue weighted by Gasteiger charge is 2.54. The monoisotopic (exact) mass is 433 g/mol. The minimum Gasteiger partial charge on any atom is -0.477 e. The summed E-state index contributed by atoms with van der Waals surface area (Å²) >= 11 is 1.43. The highest BCUT2D eigenvalue weighted by molar-refractivity contribution is 8.00. The molecule has 30 heavy (non-hydrogen) atoms. The number of allylic oxidation sites excluding steroid dienone is 2. The Morgan fingerprint density at radius 2 is 2.13 bits per heavy atom. The first-order chi connectivity index (χ1) is 14.2. The topological polar surface area (TPSA) is 114 Å². The van der Waals surface area contributed by atoms with Gasteiger partial charge in [0.05, 0.1) is 0 Å². The molecule has 10 nitrogen and oxygen atoms in total. The van der Waals surface area contributed by atoms with Gasteiger partial charge >= 0.3 is 12.1 Å². The number of amides is 2. The molecule has 11 heteroatoms. The predicted molar refractivity (Wildman–Crippen MR) is 109 cm³/mol. The van der Waals surface area contributed by atoms with Crippen LogP contribution >= 0.6 is 11.8 Å². The second-order valence-electron chi connectivity index (χ2n) is 8.10. The number of carbonyl (C=O) groups excluding carboxylic acids is 2.